The first-order valence-corrected chi connectivity index (χ1v) is 8.40. The van der Waals surface area contributed by atoms with E-state index < -0.39 is 24.4 Å². The molecule has 1 amide bonds. The van der Waals surface area contributed by atoms with E-state index in [1.54, 1.807) is 0 Å². The summed E-state index contributed by atoms with van der Waals surface area (Å²) in [5, 5.41) is 3.53. The average molecular weight is 381 g/mol. The monoisotopic (exact) mass is 380 g/mol. The summed E-state index contributed by atoms with van der Waals surface area (Å²) in [6.07, 6.45) is -3.81. The van der Waals surface area contributed by atoms with Crippen LogP contribution in [0, 0.1) is 5.82 Å². The second kappa shape index (κ2) is 6.50. The van der Waals surface area contributed by atoms with Crippen molar-refractivity contribution in [2.45, 2.75) is 18.6 Å². The van der Waals surface area contributed by atoms with Gasteiger partial charge in [-0.1, -0.05) is 11.6 Å². The highest BCUT2D eigenvalue weighted by molar-refractivity contribution is 7.21. The summed E-state index contributed by atoms with van der Waals surface area (Å²) in [7, 11) is 0. The van der Waals surface area contributed by atoms with Crippen molar-refractivity contribution in [3.8, 4) is 0 Å². The Kier molecular flexibility index (Phi) is 4.72. The first-order valence-electron chi connectivity index (χ1n) is 7.20. The Morgan fingerprint density at radius 1 is 1.42 bits per heavy atom. The molecule has 3 nitrogen and oxygen atoms in total. The van der Waals surface area contributed by atoms with Crippen molar-refractivity contribution in [1.29, 1.82) is 0 Å². The van der Waals surface area contributed by atoms with E-state index in [0.29, 0.717) is 16.5 Å². The average Bonchev–Trinajstić information content (AvgIpc) is 3.01. The van der Waals surface area contributed by atoms with Crippen molar-refractivity contribution in [2.75, 3.05) is 19.6 Å². The van der Waals surface area contributed by atoms with Crippen LogP contribution >= 0.6 is 22.9 Å². The third kappa shape index (κ3) is 3.81. The Bertz CT molecular complexity index is 777. The second-order valence-electron chi connectivity index (χ2n) is 5.70. The molecule has 9 heteroatoms. The minimum absolute atomic E-state index is 0.141. The number of carbonyl (C=O) groups is 1. The van der Waals surface area contributed by atoms with Crippen LogP contribution in [0.3, 0.4) is 0 Å². The molecule has 0 unspecified atom stereocenters. The number of carbonyl (C=O) groups excluding carboxylic acids is 1. The predicted molar refractivity (Wildman–Crippen MR) is 85.2 cm³/mol. The maximum Gasteiger partial charge on any atom is 0.401 e. The Labute approximate surface area is 144 Å². The lowest BCUT2D eigenvalue weighted by Crippen LogP contribution is -2.39. The van der Waals surface area contributed by atoms with Gasteiger partial charge in [-0.2, -0.15) is 13.2 Å². The van der Waals surface area contributed by atoms with Gasteiger partial charge in [0.1, 0.15) is 10.7 Å². The molecule has 24 heavy (non-hydrogen) atoms. The fraction of sp³-hybridized carbons (Fsp3) is 0.400. The number of likely N-dealkylation sites (tertiary alicyclic amines) is 1. The first kappa shape index (κ1) is 17.4. The van der Waals surface area contributed by atoms with Crippen LogP contribution in [-0.4, -0.2) is 42.7 Å². The molecule has 1 saturated heterocycles. The van der Waals surface area contributed by atoms with Crippen molar-refractivity contribution >= 4 is 38.9 Å². The maximum atomic E-state index is 13.3. The van der Waals surface area contributed by atoms with Gasteiger partial charge >= 0.3 is 6.18 Å². The van der Waals surface area contributed by atoms with Crippen molar-refractivity contribution in [3.63, 3.8) is 0 Å². The van der Waals surface area contributed by atoms with E-state index in [-0.39, 0.29) is 29.0 Å². The molecule has 0 spiro atoms. The molecular weight excluding hydrogens is 368 g/mol. The molecule has 3 rings (SSSR count). The highest BCUT2D eigenvalue weighted by atomic mass is 35.5. The molecule has 1 atom stereocenters. The van der Waals surface area contributed by atoms with E-state index in [0.717, 1.165) is 11.3 Å². The highest BCUT2D eigenvalue weighted by Crippen LogP contribution is 2.35. The van der Waals surface area contributed by atoms with Crippen molar-refractivity contribution < 1.29 is 22.4 Å². The SMILES string of the molecule is O=C(N[C@@H]1CCN(CC(F)(F)F)C1)c1sc2cc(F)ccc2c1Cl. The van der Waals surface area contributed by atoms with Crippen LogP contribution in [0.1, 0.15) is 16.1 Å². The molecule has 1 fully saturated rings. The summed E-state index contributed by atoms with van der Waals surface area (Å²) in [6.45, 7) is -0.569. The van der Waals surface area contributed by atoms with Crippen LogP contribution in [0.25, 0.3) is 10.1 Å². The molecule has 130 valence electrons. The number of benzene rings is 1. The fourth-order valence-corrected chi connectivity index (χ4v) is 4.23. The summed E-state index contributed by atoms with van der Waals surface area (Å²) in [6, 6.07) is 3.69. The van der Waals surface area contributed by atoms with Gasteiger partial charge in [0.2, 0.25) is 0 Å². The summed E-state index contributed by atoms with van der Waals surface area (Å²) < 4.78 is 51.0. The largest absolute Gasteiger partial charge is 0.401 e. The van der Waals surface area contributed by atoms with Crippen LogP contribution in [0.15, 0.2) is 18.2 Å². The van der Waals surface area contributed by atoms with Gasteiger partial charge in [0.05, 0.1) is 11.6 Å². The van der Waals surface area contributed by atoms with Crippen LogP contribution in [0.2, 0.25) is 5.02 Å². The molecular formula is C15H13ClF4N2OS. The quantitative estimate of drug-likeness (QED) is 0.814. The number of halogens is 5. The second-order valence-corrected chi connectivity index (χ2v) is 7.13. The van der Waals surface area contributed by atoms with E-state index >= 15 is 0 Å². The molecule has 0 bridgehead atoms. The fourth-order valence-electron chi connectivity index (χ4n) is 2.78. The Morgan fingerprint density at radius 3 is 2.88 bits per heavy atom. The molecule has 2 heterocycles. The number of thiophene rings is 1. The smallest absolute Gasteiger partial charge is 0.347 e. The standard InChI is InChI=1S/C15H13ClF4N2OS/c16-12-10-2-1-8(17)5-11(10)24-13(12)14(23)21-9-3-4-22(6-9)7-15(18,19)20/h1-2,5,9H,3-4,6-7H2,(H,21,23)/t9-/m1/s1. The molecule has 0 aliphatic carbocycles. The number of alkyl halides is 3. The molecule has 1 N–H and O–H groups in total. The highest BCUT2D eigenvalue weighted by Gasteiger charge is 2.35. The normalized spacial score (nSPS) is 19.1. The molecule has 1 aromatic carbocycles. The van der Waals surface area contributed by atoms with E-state index in [4.69, 9.17) is 11.6 Å². The molecule has 1 aliphatic heterocycles. The summed E-state index contributed by atoms with van der Waals surface area (Å²) in [5.74, 6) is -0.869. The topological polar surface area (TPSA) is 32.3 Å². The number of hydrogen-bond donors (Lipinski definition) is 1. The zero-order chi connectivity index (χ0) is 17.5. The van der Waals surface area contributed by atoms with E-state index in [1.807, 2.05) is 0 Å². The van der Waals surface area contributed by atoms with Gasteiger partial charge in [-0.3, -0.25) is 9.69 Å². The Hall–Kier alpha value is -1.38. The zero-order valence-electron chi connectivity index (χ0n) is 12.3. The minimum atomic E-state index is -4.25. The number of amides is 1. The third-order valence-corrected chi connectivity index (χ3v) is 5.46. The summed E-state index contributed by atoms with van der Waals surface area (Å²) >= 11 is 7.24. The molecule has 1 aromatic heterocycles. The predicted octanol–water partition coefficient (Wildman–Crippen LogP) is 4.06. The lowest BCUT2D eigenvalue weighted by molar-refractivity contribution is -0.143. The molecule has 1 aliphatic rings. The lowest BCUT2D eigenvalue weighted by Gasteiger charge is -2.18. The zero-order valence-corrected chi connectivity index (χ0v) is 13.9. The van der Waals surface area contributed by atoms with E-state index in [2.05, 4.69) is 5.32 Å². The number of nitrogens with zero attached hydrogens (tertiary/aromatic N) is 1. The van der Waals surface area contributed by atoms with Crippen LogP contribution in [-0.2, 0) is 0 Å². The first-order chi connectivity index (χ1) is 11.2. The molecule has 2 aromatic rings. The van der Waals surface area contributed by atoms with Gasteiger partial charge in [-0.15, -0.1) is 11.3 Å². The van der Waals surface area contributed by atoms with Crippen LogP contribution < -0.4 is 5.32 Å². The lowest BCUT2D eigenvalue weighted by atomic mass is 10.2. The van der Waals surface area contributed by atoms with Crippen molar-refractivity contribution in [1.82, 2.24) is 10.2 Å². The number of hydrogen-bond acceptors (Lipinski definition) is 3. The number of nitrogens with one attached hydrogen (secondary N) is 1. The Balaban J connectivity index is 1.69. The van der Waals surface area contributed by atoms with E-state index in [1.165, 1.54) is 23.1 Å². The van der Waals surface area contributed by atoms with Gasteiger partial charge < -0.3 is 5.32 Å². The molecule has 0 saturated carbocycles. The van der Waals surface area contributed by atoms with Crippen LogP contribution in [0.4, 0.5) is 17.6 Å². The third-order valence-electron chi connectivity index (χ3n) is 3.81. The van der Waals surface area contributed by atoms with Crippen molar-refractivity contribution in [3.05, 3.63) is 33.9 Å². The number of fused-ring (bicyclic) bond motifs is 1. The summed E-state index contributed by atoms with van der Waals surface area (Å²) in [5.41, 5.74) is 0. The number of rotatable bonds is 3. The van der Waals surface area contributed by atoms with Gasteiger partial charge in [0.15, 0.2) is 0 Å². The van der Waals surface area contributed by atoms with Gasteiger partial charge in [-0.05, 0) is 24.6 Å². The maximum absolute atomic E-state index is 13.3. The van der Waals surface area contributed by atoms with Gasteiger partial charge in [-0.25, -0.2) is 4.39 Å². The Morgan fingerprint density at radius 2 is 2.17 bits per heavy atom. The van der Waals surface area contributed by atoms with Gasteiger partial charge in [0, 0.05) is 29.2 Å². The summed E-state index contributed by atoms with van der Waals surface area (Å²) in [4.78, 5) is 13.8. The van der Waals surface area contributed by atoms with Crippen molar-refractivity contribution in [2.24, 2.45) is 0 Å². The van der Waals surface area contributed by atoms with E-state index in [9.17, 15) is 22.4 Å². The van der Waals surface area contributed by atoms with Gasteiger partial charge in [0.25, 0.3) is 5.91 Å². The molecule has 0 radical (unpaired) electrons. The van der Waals surface area contributed by atoms with Crippen LogP contribution in [0.5, 0.6) is 0 Å². The minimum Gasteiger partial charge on any atom is -0.347 e.